The lowest BCUT2D eigenvalue weighted by atomic mass is 10.2. The Balaban J connectivity index is 1.93. The number of nitrogens with one attached hydrogen (secondary N) is 1. The quantitative estimate of drug-likeness (QED) is 0.773. The average Bonchev–Trinajstić information content (AvgIpc) is 2.93. The van der Waals surface area contributed by atoms with Crippen LogP contribution in [0.3, 0.4) is 0 Å². The maximum Gasteiger partial charge on any atom is 0.231 e. The summed E-state index contributed by atoms with van der Waals surface area (Å²) in [6, 6.07) is 3.90. The van der Waals surface area contributed by atoms with Crippen LogP contribution in [0.4, 0.5) is 0 Å². The Morgan fingerprint density at radius 2 is 2.10 bits per heavy atom. The lowest BCUT2D eigenvalue weighted by Gasteiger charge is -2.15. The highest BCUT2D eigenvalue weighted by Gasteiger charge is 2.20. The first-order valence-corrected chi connectivity index (χ1v) is 6.47. The van der Waals surface area contributed by atoms with E-state index in [4.69, 9.17) is 23.7 Å². The van der Waals surface area contributed by atoms with Crippen molar-refractivity contribution in [2.24, 2.45) is 0 Å². The smallest absolute Gasteiger partial charge is 0.231 e. The number of benzene rings is 1. The lowest BCUT2D eigenvalue weighted by molar-refractivity contribution is 0.0288. The zero-order valence-corrected chi connectivity index (χ0v) is 12.1. The van der Waals surface area contributed by atoms with Gasteiger partial charge in [0.2, 0.25) is 12.5 Å². The van der Waals surface area contributed by atoms with Crippen LogP contribution >= 0.6 is 0 Å². The van der Waals surface area contributed by atoms with Gasteiger partial charge in [-0.25, -0.2) is 0 Å². The monoisotopic (exact) mass is 283 g/mol. The van der Waals surface area contributed by atoms with Gasteiger partial charge in [-0.2, -0.15) is 0 Å². The maximum absolute atomic E-state index is 5.39. The van der Waals surface area contributed by atoms with Crippen LogP contribution in [0.15, 0.2) is 12.1 Å². The first-order valence-electron chi connectivity index (χ1n) is 6.47. The van der Waals surface area contributed by atoms with E-state index >= 15 is 0 Å². The van der Waals surface area contributed by atoms with Crippen molar-refractivity contribution < 1.29 is 23.7 Å². The van der Waals surface area contributed by atoms with Crippen LogP contribution in [0, 0.1) is 0 Å². The molecule has 1 atom stereocenters. The Hall–Kier alpha value is -1.50. The summed E-state index contributed by atoms with van der Waals surface area (Å²) in [5.41, 5.74) is 1.07. The molecule has 0 bridgehead atoms. The predicted molar refractivity (Wildman–Crippen MR) is 73.5 cm³/mol. The molecule has 2 rings (SSSR count). The van der Waals surface area contributed by atoms with Gasteiger partial charge in [-0.3, -0.25) is 0 Å². The summed E-state index contributed by atoms with van der Waals surface area (Å²) in [5.74, 6) is 2.09. The van der Waals surface area contributed by atoms with Crippen molar-refractivity contribution in [2.45, 2.75) is 12.6 Å². The minimum atomic E-state index is 0.0379. The molecule has 0 saturated carbocycles. The van der Waals surface area contributed by atoms with E-state index in [1.165, 1.54) is 0 Å². The van der Waals surface area contributed by atoms with Gasteiger partial charge in [-0.15, -0.1) is 0 Å². The molecule has 1 aromatic rings. The number of hydrogen-bond acceptors (Lipinski definition) is 6. The molecule has 0 aromatic heterocycles. The molecule has 20 heavy (non-hydrogen) atoms. The molecule has 1 heterocycles. The van der Waals surface area contributed by atoms with Crippen LogP contribution in [0.25, 0.3) is 0 Å². The predicted octanol–water partition coefficient (Wildman–Crippen LogP) is 1.17. The number of hydrogen-bond donors (Lipinski definition) is 1. The fourth-order valence-electron chi connectivity index (χ4n) is 2.06. The van der Waals surface area contributed by atoms with E-state index in [1.54, 1.807) is 21.3 Å². The molecule has 6 heteroatoms. The van der Waals surface area contributed by atoms with Crippen LogP contribution in [-0.4, -0.2) is 47.4 Å². The van der Waals surface area contributed by atoms with E-state index in [1.807, 2.05) is 12.1 Å². The van der Waals surface area contributed by atoms with Crippen LogP contribution in [-0.2, 0) is 16.0 Å². The summed E-state index contributed by atoms with van der Waals surface area (Å²) in [5, 5.41) is 3.32. The lowest BCUT2D eigenvalue weighted by Crippen LogP contribution is -2.31. The normalized spacial score (nSPS) is 14.3. The van der Waals surface area contributed by atoms with E-state index in [0.29, 0.717) is 31.2 Å². The standard InChI is InChI=1S/C14H21NO5/c1-16-8-11(17-2)7-15-6-10-4-12(18-3)14-13(5-10)19-9-20-14/h4-5,11,15H,6-9H2,1-3H3. The molecule has 1 aliphatic rings. The molecular weight excluding hydrogens is 262 g/mol. The Labute approximate surface area is 118 Å². The minimum Gasteiger partial charge on any atom is -0.493 e. The minimum absolute atomic E-state index is 0.0379. The van der Waals surface area contributed by atoms with E-state index < -0.39 is 0 Å². The highest BCUT2D eigenvalue weighted by molar-refractivity contribution is 5.55. The Kier molecular flexibility index (Phi) is 5.46. The van der Waals surface area contributed by atoms with Gasteiger partial charge >= 0.3 is 0 Å². The summed E-state index contributed by atoms with van der Waals surface area (Å²) >= 11 is 0. The largest absolute Gasteiger partial charge is 0.493 e. The van der Waals surface area contributed by atoms with E-state index in [-0.39, 0.29) is 12.9 Å². The zero-order chi connectivity index (χ0) is 14.4. The molecule has 1 aliphatic heterocycles. The van der Waals surface area contributed by atoms with Gasteiger partial charge in [0, 0.05) is 27.3 Å². The highest BCUT2D eigenvalue weighted by atomic mass is 16.7. The molecule has 1 N–H and O–H groups in total. The summed E-state index contributed by atoms with van der Waals surface area (Å²) in [6.45, 7) is 2.20. The summed E-state index contributed by atoms with van der Waals surface area (Å²) in [4.78, 5) is 0. The van der Waals surface area contributed by atoms with Crippen LogP contribution in [0.1, 0.15) is 5.56 Å². The third-order valence-electron chi connectivity index (χ3n) is 3.11. The molecule has 1 aromatic carbocycles. The van der Waals surface area contributed by atoms with Gasteiger partial charge < -0.3 is 29.0 Å². The number of methoxy groups -OCH3 is 3. The third-order valence-corrected chi connectivity index (χ3v) is 3.11. The van der Waals surface area contributed by atoms with Crippen molar-refractivity contribution in [3.63, 3.8) is 0 Å². The van der Waals surface area contributed by atoms with Crippen molar-refractivity contribution in [3.8, 4) is 17.2 Å². The molecule has 1 unspecified atom stereocenters. The molecule has 0 fully saturated rings. The number of rotatable bonds is 8. The topological polar surface area (TPSA) is 58.2 Å². The third kappa shape index (κ3) is 3.53. The molecule has 6 nitrogen and oxygen atoms in total. The second kappa shape index (κ2) is 7.33. The maximum atomic E-state index is 5.39. The first kappa shape index (κ1) is 14.9. The van der Waals surface area contributed by atoms with Gasteiger partial charge in [0.15, 0.2) is 11.5 Å². The summed E-state index contributed by atoms with van der Waals surface area (Å²) in [6.07, 6.45) is 0.0379. The zero-order valence-electron chi connectivity index (χ0n) is 12.1. The average molecular weight is 283 g/mol. The van der Waals surface area contributed by atoms with Crippen molar-refractivity contribution in [1.29, 1.82) is 0 Å². The van der Waals surface area contributed by atoms with Gasteiger partial charge in [0.25, 0.3) is 0 Å². The molecular formula is C14H21NO5. The molecule has 112 valence electrons. The Morgan fingerprint density at radius 3 is 2.80 bits per heavy atom. The van der Waals surface area contributed by atoms with Crippen LogP contribution < -0.4 is 19.5 Å². The second-order valence-corrected chi connectivity index (χ2v) is 4.48. The van der Waals surface area contributed by atoms with Crippen LogP contribution in [0.5, 0.6) is 17.2 Å². The van der Waals surface area contributed by atoms with Crippen molar-refractivity contribution in [2.75, 3.05) is 41.3 Å². The summed E-state index contributed by atoms with van der Waals surface area (Å²) < 4.78 is 26.4. The SMILES string of the molecule is COCC(CNCc1cc(OC)c2c(c1)OCO2)OC. The van der Waals surface area contributed by atoms with Crippen LogP contribution in [0.2, 0.25) is 0 Å². The summed E-state index contributed by atoms with van der Waals surface area (Å²) in [7, 11) is 4.96. The van der Waals surface area contributed by atoms with E-state index in [0.717, 1.165) is 11.3 Å². The van der Waals surface area contributed by atoms with Gasteiger partial charge in [0.05, 0.1) is 19.8 Å². The Morgan fingerprint density at radius 1 is 1.25 bits per heavy atom. The van der Waals surface area contributed by atoms with Crippen molar-refractivity contribution in [1.82, 2.24) is 5.32 Å². The first-order chi connectivity index (χ1) is 9.78. The Bertz CT molecular complexity index is 438. The van der Waals surface area contributed by atoms with Crippen molar-refractivity contribution in [3.05, 3.63) is 17.7 Å². The number of ether oxygens (including phenoxy) is 5. The van der Waals surface area contributed by atoms with Gasteiger partial charge in [-0.05, 0) is 17.7 Å². The van der Waals surface area contributed by atoms with Gasteiger partial charge in [0.1, 0.15) is 0 Å². The number of fused-ring (bicyclic) bond motifs is 1. The molecule has 0 radical (unpaired) electrons. The van der Waals surface area contributed by atoms with E-state index in [2.05, 4.69) is 5.32 Å². The molecule has 0 saturated heterocycles. The van der Waals surface area contributed by atoms with E-state index in [9.17, 15) is 0 Å². The second-order valence-electron chi connectivity index (χ2n) is 4.48. The molecule has 0 spiro atoms. The molecule has 0 aliphatic carbocycles. The van der Waals surface area contributed by atoms with Gasteiger partial charge in [-0.1, -0.05) is 0 Å². The fourth-order valence-corrected chi connectivity index (χ4v) is 2.06. The highest BCUT2D eigenvalue weighted by Crippen LogP contribution is 2.41. The van der Waals surface area contributed by atoms with Crippen molar-refractivity contribution >= 4 is 0 Å². The fraction of sp³-hybridized carbons (Fsp3) is 0.571. The molecule has 0 amide bonds.